The van der Waals surface area contributed by atoms with E-state index >= 15 is 0 Å². The van der Waals surface area contributed by atoms with Gasteiger partial charge in [0.15, 0.2) is 5.96 Å². The standard InChI is InChI=1S/C20H30N4O/c1-2-21-20(23-13-12-22-19(25)16-10-11-16)24-14-17-8-5-7-15-6-3-4-9-18(15)17/h3-4,6,9,16-17H,2,5,7-8,10-14H2,1H3,(H,22,25)(H2,21,23,24). The summed E-state index contributed by atoms with van der Waals surface area (Å²) < 4.78 is 0. The van der Waals surface area contributed by atoms with Gasteiger partial charge >= 0.3 is 0 Å². The summed E-state index contributed by atoms with van der Waals surface area (Å²) in [5, 5.41) is 9.60. The second-order valence-corrected chi connectivity index (χ2v) is 7.00. The number of aryl methyl sites for hydroxylation is 1. The first-order valence-electron chi connectivity index (χ1n) is 9.65. The molecule has 2 aliphatic rings. The molecule has 0 spiro atoms. The Morgan fingerprint density at radius 3 is 2.72 bits per heavy atom. The predicted octanol–water partition coefficient (Wildman–Crippen LogP) is 2.19. The van der Waals surface area contributed by atoms with Crippen molar-refractivity contribution in [2.24, 2.45) is 10.9 Å². The molecule has 0 radical (unpaired) electrons. The smallest absolute Gasteiger partial charge is 0.223 e. The summed E-state index contributed by atoms with van der Waals surface area (Å²) in [4.78, 5) is 16.4. The van der Waals surface area contributed by atoms with E-state index in [0.29, 0.717) is 19.0 Å². The largest absolute Gasteiger partial charge is 0.357 e. The highest BCUT2D eigenvalue weighted by molar-refractivity contribution is 5.81. The number of carbonyl (C=O) groups excluding carboxylic acids is 1. The minimum absolute atomic E-state index is 0.197. The van der Waals surface area contributed by atoms with Gasteiger partial charge in [0.1, 0.15) is 0 Å². The molecule has 1 fully saturated rings. The Hall–Kier alpha value is -2.04. The fourth-order valence-electron chi connectivity index (χ4n) is 3.44. The van der Waals surface area contributed by atoms with Gasteiger partial charge in [-0.2, -0.15) is 0 Å². The van der Waals surface area contributed by atoms with E-state index in [0.717, 1.165) is 31.9 Å². The molecular formula is C20H30N4O. The third-order valence-electron chi connectivity index (χ3n) is 4.97. The number of nitrogens with zero attached hydrogens (tertiary/aromatic N) is 1. The van der Waals surface area contributed by atoms with Crippen molar-refractivity contribution >= 4 is 11.9 Å². The van der Waals surface area contributed by atoms with Crippen LogP contribution in [0.3, 0.4) is 0 Å². The van der Waals surface area contributed by atoms with E-state index in [1.165, 1.54) is 30.4 Å². The van der Waals surface area contributed by atoms with Gasteiger partial charge in [-0.3, -0.25) is 9.79 Å². The Bertz CT molecular complexity index is 609. The lowest BCUT2D eigenvalue weighted by Crippen LogP contribution is -2.42. The fourth-order valence-corrected chi connectivity index (χ4v) is 3.44. The molecule has 1 amide bonds. The second kappa shape index (κ2) is 8.88. The van der Waals surface area contributed by atoms with Crippen molar-refractivity contribution in [3.8, 4) is 0 Å². The van der Waals surface area contributed by atoms with Gasteiger partial charge in [0.2, 0.25) is 5.91 Å². The quantitative estimate of drug-likeness (QED) is 0.404. The molecule has 1 aromatic rings. The summed E-state index contributed by atoms with van der Waals surface area (Å²) in [6.45, 7) is 5.06. The molecule has 2 aliphatic carbocycles. The molecule has 1 aromatic carbocycles. The van der Waals surface area contributed by atoms with Crippen LogP contribution in [0.1, 0.15) is 49.7 Å². The molecule has 1 atom stereocenters. The highest BCUT2D eigenvalue weighted by Gasteiger charge is 2.29. The number of guanidine groups is 1. The number of hydrogen-bond donors (Lipinski definition) is 3. The maximum atomic E-state index is 11.6. The lowest BCUT2D eigenvalue weighted by atomic mass is 9.83. The van der Waals surface area contributed by atoms with Crippen LogP contribution in [0.4, 0.5) is 0 Å². The molecule has 0 bridgehead atoms. The molecule has 136 valence electrons. The Labute approximate surface area is 150 Å². The van der Waals surface area contributed by atoms with E-state index < -0.39 is 0 Å². The van der Waals surface area contributed by atoms with Crippen LogP contribution in [0.2, 0.25) is 0 Å². The zero-order valence-electron chi connectivity index (χ0n) is 15.2. The molecule has 5 heteroatoms. The molecule has 0 aromatic heterocycles. The first kappa shape index (κ1) is 17.8. The van der Waals surface area contributed by atoms with Gasteiger partial charge < -0.3 is 16.0 Å². The van der Waals surface area contributed by atoms with Crippen LogP contribution in [0.5, 0.6) is 0 Å². The zero-order chi connectivity index (χ0) is 17.5. The number of hydrogen-bond acceptors (Lipinski definition) is 2. The SMILES string of the molecule is CCNC(=NCC1CCCc2ccccc21)NCCNC(=O)C1CC1. The number of carbonyl (C=O) groups is 1. The van der Waals surface area contributed by atoms with E-state index in [9.17, 15) is 4.79 Å². The summed E-state index contributed by atoms with van der Waals surface area (Å²) in [5.74, 6) is 1.82. The van der Waals surface area contributed by atoms with Crippen LogP contribution in [0.25, 0.3) is 0 Å². The van der Waals surface area contributed by atoms with E-state index in [2.05, 4.69) is 47.1 Å². The zero-order valence-corrected chi connectivity index (χ0v) is 15.2. The van der Waals surface area contributed by atoms with Crippen molar-refractivity contribution in [1.82, 2.24) is 16.0 Å². The summed E-state index contributed by atoms with van der Waals surface area (Å²) in [5.41, 5.74) is 2.94. The average Bonchev–Trinajstić information content (AvgIpc) is 3.48. The van der Waals surface area contributed by atoms with E-state index in [4.69, 9.17) is 4.99 Å². The van der Waals surface area contributed by atoms with Crippen molar-refractivity contribution in [3.05, 3.63) is 35.4 Å². The molecule has 1 unspecified atom stereocenters. The molecule has 0 saturated heterocycles. The number of nitrogens with one attached hydrogen (secondary N) is 3. The van der Waals surface area contributed by atoms with Gasteiger partial charge in [-0.05, 0) is 50.2 Å². The van der Waals surface area contributed by atoms with Crippen molar-refractivity contribution in [2.45, 2.75) is 44.9 Å². The Balaban J connectivity index is 1.49. The first-order valence-corrected chi connectivity index (χ1v) is 9.65. The number of amides is 1. The minimum atomic E-state index is 0.197. The number of rotatable bonds is 7. The first-order chi connectivity index (χ1) is 12.3. The molecule has 0 aliphatic heterocycles. The van der Waals surface area contributed by atoms with Crippen molar-refractivity contribution in [3.63, 3.8) is 0 Å². The van der Waals surface area contributed by atoms with Crippen LogP contribution < -0.4 is 16.0 Å². The maximum Gasteiger partial charge on any atom is 0.223 e. The van der Waals surface area contributed by atoms with Crippen molar-refractivity contribution in [1.29, 1.82) is 0 Å². The van der Waals surface area contributed by atoms with Crippen LogP contribution in [0, 0.1) is 5.92 Å². The maximum absolute atomic E-state index is 11.6. The lowest BCUT2D eigenvalue weighted by molar-refractivity contribution is -0.122. The number of benzene rings is 1. The average molecular weight is 342 g/mol. The van der Waals surface area contributed by atoms with E-state index in [-0.39, 0.29) is 11.8 Å². The molecule has 1 saturated carbocycles. The number of aliphatic imine (C=N–C) groups is 1. The third-order valence-corrected chi connectivity index (χ3v) is 4.97. The molecule has 3 rings (SSSR count). The summed E-state index contributed by atoms with van der Waals surface area (Å²) in [6, 6.07) is 8.76. The second-order valence-electron chi connectivity index (χ2n) is 7.00. The van der Waals surface area contributed by atoms with Gasteiger partial charge in [-0.1, -0.05) is 24.3 Å². The highest BCUT2D eigenvalue weighted by atomic mass is 16.2. The van der Waals surface area contributed by atoms with Gasteiger partial charge in [-0.25, -0.2) is 0 Å². The Morgan fingerprint density at radius 2 is 1.92 bits per heavy atom. The van der Waals surface area contributed by atoms with Crippen LogP contribution in [-0.2, 0) is 11.2 Å². The van der Waals surface area contributed by atoms with Gasteiger partial charge in [0, 0.05) is 38.0 Å². The van der Waals surface area contributed by atoms with Crippen molar-refractivity contribution in [2.75, 3.05) is 26.2 Å². The minimum Gasteiger partial charge on any atom is -0.357 e. The van der Waals surface area contributed by atoms with Crippen LogP contribution in [0.15, 0.2) is 29.3 Å². The monoisotopic (exact) mass is 342 g/mol. The van der Waals surface area contributed by atoms with Gasteiger partial charge in [0.05, 0.1) is 0 Å². The normalized spacial score (nSPS) is 19.9. The molecule has 25 heavy (non-hydrogen) atoms. The third kappa shape index (κ3) is 5.21. The molecule has 5 nitrogen and oxygen atoms in total. The number of fused-ring (bicyclic) bond motifs is 1. The summed E-state index contributed by atoms with van der Waals surface area (Å²) >= 11 is 0. The topological polar surface area (TPSA) is 65.5 Å². The summed E-state index contributed by atoms with van der Waals surface area (Å²) in [6.07, 6.45) is 5.74. The molecule has 0 heterocycles. The Morgan fingerprint density at radius 1 is 1.12 bits per heavy atom. The molecule has 3 N–H and O–H groups in total. The molecular weight excluding hydrogens is 312 g/mol. The van der Waals surface area contributed by atoms with Gasteiger partial charge in [-0.15, -0.1) is 0 Å². The van der Waals surface area contributed by atoms with E-state index in [1.807, 2.05) is 0 Å². The predicted molar refractivity (Wildman–Crippen MR) is 102 cm³/mol. The van der Waals surface area contributed by atoms with Crippen LogP contribution >= 0.6 is 0 Å². The Kier molecular flexibility index (Phi) is 6.31. The fraction of sp³-hybridized carbons (Fsp3) is 0.600. The highest BCUT2D eigenvalue weighted by Crippen LogP contribution is 2.31. The lowest BCUT2D eigenvalue weighted by Gasteiger charge is -2.24. The van der Waals surface area contributed by atoms with Gasteiger partial charge in [0.25, 0.3) is 0 Å². The van der Waals surface area contributed by atoms with Crippen molar-refractivity contribution < 1.29 is 4.79 Å². The van der Waals surface area contributed by atoms with E-state index in [1.54, 1.807) is 0 Å². The van der Waals surface area contributed by atoms with Crippen LogP contribution in [-0.4, -0.2) is 38.0 Å². The summed E-state index contributed by atoms with van der Waals surface area (Å²) in [7, 11) is 0.